The van der Waals surface area contributed by atoms with Crippen LogP contribution in [-0.2, 0) is 10.2 Å². The van der Waals surface area contributed by atoms with E-state index in [1.54, 1.807) is 6.07 Å². The van der Waals surface area contributed by atoms with E-state index in [2.05, 4.69) is 50.5 Å². The molecule has 2 aromatic rings. The van der Waals surface area contributed by atoms with Crippen LogP contribution in [0.4, 0.5) is 0 Å². The second-order valence-electron chi connectivity index (χ2n) is 9.54. The van der Waals surface area contributed by atoms with Crippen LogP contribution in [0.15, 0.2) is 47.1 Å². The molecule has 0 aromatic heterocycles. The molecule has 0 amide bonds. The number of ether oxygens (including phenoxy) is 3. The fraction of sp³-hybridized carbons (Fsp3) is 0.400. The lowest BCUT2D eigenvalue weighted by atomic mass is 9.72. The number of methoxy groups -OCH3 is 1. The van der Waals surface area contributed by atoms with E-state index in [1.165, 1.54) is 24.8 Å². The van der Waals surface area contributed by atoms with Crippen molar-refractivity contribution in [1.29, 1.82) is 0 Å². The van der Waals surface area contributed by atoms with Crippen LogP contribution in [0.1, 0.15) is 52.2 Å². The number of carbonyl (C=O) groups excluding carboxylic acids is 1. The summed E-state index contributed by atoms with van der Waals surface area (Å²) in [6.07, 6.45) is 3.16. The first-order valence-electron chi connectivity index (χ1n) is 10.4. The fourth-order valence-electron chi connectivity index (χ4n) is 3.80. The van der Waals surface area contributed by atoms with Crippen molar-refractivity contribution in [1.82, 2.24) is 0 Å². The molecule has 2 rings (SSSR count). The molecule has 0 aliphatic heterocycles. The van der Waals surface area contributed by atoms with Gasteiger partial charge in [0.2, 0.25) is 6.20 Å². The Labute approximate surface area is 203 Å². The Hall–Kier alpha value is -2.87. The molecule has 33 heavy (non-hydrogen) atoms. The second kappa shape index (κ2) is 10.8. The van der Waals surface area contributed by atoms with Crippen LogP contribution in [0.2, 0.25) is 0 Å². The predicted octanol–water partition coefficient (Wildman–Crippen LogP) is 6.40. The van der Waals surface area contributed by atoms with Gasteiger partial charge in [-0.2, -0.15) is 0 Å². The van der Waals surface area contributed by atoms with Crippen molar-refractivity contribution >= 4 is 28.0 Å². The van der Waals surface area contributed by atoms with Crippen molar-refractivity contribution in [2.24, 2.45) is 5.41 Å². The summed E-state index contributed by atoms with van der Waals surface area (Å²) in [5.74, 6) is 0.378. The standard InChI is InChI=1S/C25H30BrNO6/c1-24(2,3)16-25(4,5)18-7-9-19(10-8-18)32-15-22(28)33-23-20(26)13-17(11-12-27(29)30)14-21(23)31-6/h7-14H,15-16H2,1-6H3/b12-11+. The van der Waals surface area contributed by atoms with E-state index in [1.807, 2.05) is 24.3 Å². The van der Waals surface area contributed by atoms with Gasteiger partial charge in [-0.25, -0.2) is 4.79 Å². The Kier molecular flexibility index (Phi) is 8.66. The van der Waals surface area contributed by atoms with Crippen molar-refractivity contribution in [3.63, 3.8) is 0 Å². The first-order valence-corrected chi connectivity index (χ1v) is 11.2. The number of rotatable bonds is 9. The van der Waals surface area contributed by atoms with E-state index in [9.17, 15) is 14.9 Å². The van der Waals surface area contributed by atoms with Gasteiger partial charge in [-0.15, -0.1) is 0 Å². The van der Waals surface area contributed by atoms with Gasteiger partial charge in [0, 0.05) is 6.08 Å². The number of nitro groups is 1. The number of benzene rings is 2. The van der Waals surface area contributed by atoms with Crippen molar-refractivity contribution in [3.05, 3.63) is 68.3 Å². The number of hydrogen-bond acceptors (Lipinski definition) is 6. The van der Waals surface area contributed by atoms with Crippen LogP contribution >= 0.6 is 15.9 Å². The highest BCUT2D eigenvalue weighted by Gasteiger charge is 2.27. The molecule has 0 unspecified atom stereocenters. The number of nitrogens with zero attached hydrogens (tertiary/aromatic N) is 1. The first-order chi connectivity index (χ1) is 15.3. The first kappa shape index (κ1) is 26.4. The highest BCUT2D eigenvalue weighted by atomic mass is 79.9. The molecule has 0 aliphatic rings. The average Bonchev–Trinajstić information content (AvgIpc) is 2.70. The van der Waals surface area contributed by atoms with Gasteiger partial charge in [0.15, 0.2) is 18.1 Å². The van der Waals surface area contributed by atoms with Gasteiger partial charge >= 0.3 is 5.97 Å². The third-order valence-electron chi connectivity index (χ3n) is 4.82. The van der Waals surface area contributed by atoms with Crippen molar-refractivity contribution in [3.8, 4) is 17.2 Å². The van der Waals surface area contributed by atoms with Gasteiger partial charge in [0.1, 0.15) is 5.75 Å². The summed E-state index contributed by atoms with van der Waals surface area (Å²) in [5, 5.41) is 10.5. The van der Waals surface area contributed by atoms with E-state index >= 15 is 0 Å². The molecule has 0 heterocycles. The Morgan fingerprint density at radius 3 is 2.30 bits per heavy atom. The summed E-state index contributed by atoms with van der Waals surface area (Å²) in [6.45, 7) is 10.8. The number of carbonyl (C=O) groups is 1. The Morgan fingerprint density at radius 1 is 1.12 bits per heavy atom. The molecular weight excluding hydrogens is 490 g/mol. The molecule has 0 atom stereocenters. The largest absolute Gasteiger partial charge is 0.493 e. The lowest BCUT2D eigenvalue weighted by Gasteiger charge is -2.33. The fourth-order valence-corrected chi connectivity index (χ4v) is 4.34. The number of halogens is 1. The molecule has 0 radical (unpaired) electrons. The van der Waals surface area contributed by atoms with Gasteiger partial charge in [0.05, 0.1) is 16.5 Å². The van der Waals surface area contributed by atoms with Crippen LogP contribution in [0.25, 0.3) is 6.08 Å². The van der Waals surface area contributed by atoms with Crippen LogP contribution in [0, 0.1) is 15.5 Å². The molecule has 0 aliphatic carbocycles. The summed E-state index contributed by atoms with van der Waals surface area (Å²) < 4.78 is 16.7. The minimum Gasteiger partial charge on any atom is -0.493 e. The van der Waals surface area contributed by atoms with Crippen molar-refractivity contribution in [2.75, 3.05) is 13.7 Å². The molecule has 7 nitrogen and oxygen atoms in total. The zero-order chi connectivity index (χ0) is 24.8. The van der Waals surface area contributed by atoms with E-state index < -0.39 is 10.9 Å². The number of esters is 1. The molecule has 8 heteroatoms. The molecule has 0 spiro atoms. The lowest BCUT2D eigenvalue weighted by Crippen LogP contribution is -2.24. The zero-order valence-electron chi connectivity index (χ0n) is 19.8. The monoisotopic (exact) mass is 519 g/mol. The van der Waals surface area contributed by atoms with Gasteiger partial charge in [0.25, 0.3) is 0 Å². The molecule has 0 saturated heterocycles. The van der Waals surface area contributed by atoms with Crippen molar-refractivity contribution < 1.29 is 23.9 Å². The van der Waals surface area contributed by atoms with E-state index in [-0.39, 0.29) is 28.9 Å². The second-order valence-corrected chi connectivity index (χ2v) is 10.4. The topological polar surface area (TPSA) is 87.9 Å². The predicted molar refractivity (Wildman–Crippen MR) is 131 cm³/mol. The normalized spacial score (nSPS) is 12.0. The third kappa shape index (κ3) is 8.20. The van der Waals surface area contributed by atoms with Gasteiger partial charge < -0.3 is 14.2 Å². The Morgan fingerprint density at radius 2 is 1.76 bits per heavy atom. The Balaban J connectivity index is 2.04. The molecule has 0 saturated carbocycles. The van der Waals surface area contributed by atoms with Gasteiger partial charge in [-0.3, -0.25) is 10.1 Å². The van der Waals surface area contributed by atoms with Crippen molar-refractivity contribution in [2.45, 2.75) is 46.5 Å². The lowest BCUT2D eigenvalue weighted by molar-refractivity contribution is -0.400. The smallest absolute Gasteiger partial charge is 0.349 e. The van der Waals surface area contributed by atoms with Crippen LogP contribution in [-0.4, -0.2) is 24.6 Å². The molecule has 178 valence electrons. The van der Waals surface area contributed by atoms with Gasteiger partial charge in [-0.05, 0) is 68.6 Å². The summed E-state index contributed by atoms with van der Waals surface area (Å²) in [6, 6.07) is 10.8. The summed E-state index contributed by atoms with van der Waals surface area (Å²) in [4.78, 5) is 22.3. The SMILES string of the molecule is COc1cc(/C=C/[N+](=O)[O-])cc(Br)c1OC(=O)COc1ccc(C(C)(C)CC(C)(C)C)cc1. The van der Waals surface area contributed by atoms with Crippen LogP contribution in [0.5, 0.6) is 17.2 Å². The molecule has 0 fully saturated rings. The summed E-state index contributed by atoms with van der Waals surface area (Å²) >= 11 is 3.32. The highest BCUT2D eigenvalue weighted by Crippen LogP contribution is 2.38. The zero-order valence-corrected chi connectivity index (χ0v) is 21.4. The maximum atomic E-state index is 12.4. The summed E-state index contributed by atoms with van der Waals surface area (Å²) in [7, 11) is 1.42. The molecular formula is C25H30BrNO6. The number of hydrogen-bond donors (Lipinski definition) is 0. The Bertz CT molecular complexity index is 1020. The minimum absolute atomic E-state index is 0.0134. The quantitative estimate of drug-likeness (QED) is 0.165. The third-order valence-corrected chi connectivity index (χ3v) is 5.41. The summed E-state index contributed by atoms with van der Waals surface area (Å²) in [5.41, 5.74) is 1.94. The molecule has 2 aromatic carbocycles. The minimum atomic E-state index is -0.611. The van der Waals surface area contributed by atoms with E-state index in [0.29, 0.717) is 15.8 Å². The molecule has 0 bridgehead atoms. The van der Waals surface area contributed by atoms with Crippen LogP contribution in [0.3, 0.4) is 0 Å². The van der Waals surface area contributed by atoms with E-state index in [0.717, 1.165) is 12.6 Å². The molecule has 0 N–H and O–H groups in total. The average molecular weight is 520 g/mol. The van der Waals surface area contributed by atoms with E-state index in [4.69, 9.17) is 14.2 Å². The maximum absolute atomic E-state index is 12.4. The highest BCUT2D eigenvalue weighted by molar-refractivity contribution is 9.10. The maximum Gasteiger partial charge on any atom is 0.349 e. The van der Waals surface area contributed by atoms with Gasteiger partial charge in [-0.1, -0.05) is 46.8 Å². The van der Waals surface area contributed by atoms with Crippen LogP contribution < -0.4 is 14.2 Å².